The van der Waals surface area contributed by atoms with Crippen molar-refractivity contribution in [1.29, 1.82) is 0 Å². The molecule has 166 valence electrons. The molecule has 0 aromatic heterocycles. The number of carbonyl (C=O) groups excluding carboxylic acids is 1. The number of carbonyl (C=O) groups is 1. The van der Waals surface area contributed by atoms with E-state index < -0.39 is 34.1 Å². The number of amides is 1. The molecule has 0 saturated carbocycles. The quantitative estimate of drug-likeness (QED) is 0.367. The minimum absolute atomic E-state index is 0.0647. The fraction of sp³-hybridized carbons (Fsp3) is 0.350. The lowest BCUT2D eigenvalue weighted by atomic mass is 10.1. The molecule has 7 nitrogen and oxygen atoms in total. The van der Waals surface area contributed by atoms with Gasteiger partial charge in [-0.05, 0) is 37.1 Å². The van der Waals surface area contributed by atoms with Crippen molar-refractivity contribution in [2.75, 3.05) is 35.2 Å². The smallest absolute Gasteiger partial charge is 0.379 e. The second kappa shape index (κ2) is 9.19. The van der Waals surface area contributed by atoms with Gasteiger partial charge >= 0.3 is 6.18 Å². The van der Waals surface area contributed by atoms with Crippen LogP contribution in [0.4, 0.5) is 40.3 Å². The number of rotatable bonds is 7. The van der Waals surface area contributed by atoms with E-state index in [0.29, 0.717) is 11.8 Å². The summed E-state index contributed by atoms with van der Waals surface area (Å²) in [5.41, 5.74) is -1.39. The molecule has 1 fully saturated rings. The molecule has 1 amide bonds. The van der Waals surface area contributed by atoms with E-state index in [1.165, 1.54) is 6.07 Å². The van der Waals surface area contributed by atoms with Gasteiger partial charge in [-0.1, -0.05) is 6.07 Å². The highest BCUT2D eigenvalue weighted by molar-refractivity contribution is 5.95. The molecule has 1 heterocycles. The SMILES string of the molecule is O=C(CCNc1ccc(C(F)(F)F)cc1[N+](=O)[O-])Nc1c(F)cccc1N1CCCC1. The first-order chi connectivity index (χ1) is 14.7. The van der Waals surface area contributed by atoms with Crippen LogP contribution in [0.1, 0.15) is 24.8 Å². The largest absolute Gasteiger partial charge is 0.416 e. The molecule has 1 aliphatic rings. The number of halogens is 4. The standard InChI is InChI=1S/C20H20F4N4O3/c21-14-4-3-5-16(27-10-1-2-11-27)19(14)26-18(29)8-9-25-15-7-6-13(20(22,23)24)12-17(15)28(30)31/h3-7,12,25H,1-2,8-11H2,(H,26,29). The lowest BCUT2D eigenvalue weighted by Gasteiger charge is -2.22. The second-order valence-corrected chi connectivity index (χ2v) is 7.04. The van der Waals surface area contributed by atoms with Crippen LogP contribution in [0.3, 0.4) is 0 Å². The summed E-state index contributed by atoms with van der Waals surface area (Å²) in [5, 5.41) is 16.2. The summed E-state index contributed by atoms with van der Waals surface area (Å²) in [4.78, 5) is 24.5. The van der Waals surface area contributed by atoms with E-state index in [1.54, 1.807) is 12.1 Å². The molecule has 0 unspecified atom stereocenters. The van der Waals surface area contributed by atoms with Crippen molar-refractivity contribution in [2.45, 2.75) is 25.4 Å². The minimum Gasteiger partial charge on any atom is -0.379 e. The number of hydrogen-bond donors (Lipinski definition) is 2. The Hall–Kier alpha value is -3.37. The number of hydrogen-bond acceptors (Lipinski definition) is 5. The highest BCUT2D eigenvalue weighted by Crippen LogP contribution is 2.35. The first-order valence-corrected chi connectivity index (χ1v) is 9.59. The Bertz CT molecular complexity index is 975. The third kappa shape index (κ3) is 5.41. The molecule has 1 saturated heterocycles. The van der Waals surface area contributed by atoms with Gasteiger partial charge < -0.3 is 15.5 Å². The predicted octanol–water partition coefficient (Wildman–Crippen LogP) is 4.79. The summed E-state index contributed by atoms with van der Waals surface area (Å²) in [6.07, 6.45) is -2.94. The Morgan fingerprint density at radius 1 is 1.16 bits per heavy atom. The van der Waals surface area contributed by atoms with Crippen LogP contribution >= 0.6 is 0 Å². The first-order valence-electron chi connectivity index (χ1n) is 9.59. The molecule has 0 aliphatic carbocycles. The van der Waals surface area contributed by atoms with Gasteiger partial charge in [-0.2, -0.15) is 13.2 Å². The van der Waals surface area contributed by atoms with Gasteiger partial charge in [-0.3, -0.25) is 14.9 Å². The van der Waals surface area contributed by atoms with Gasteiger partial charge in [-0.25, -0.2) is 4.39 Å². The zero-order valence-electron chi connectivity index (χ0n) is 16.3. The summed E-state index contributed by atoms with van der Waals surface area (Å²) in [6.45, 7) is 1.42. The zero-order chi connectivity index (χ0) is 22.6. The third-order valence-corrected chi connectivity index (χ3v) is 4.89. The molecular weight excluding hydrogens is 420 g/mol. The third-order valence-electron chi connectivity index (χ3n) is 4.89. The molecular formula is C20H20F4N4O3. The highest BCUT2D eigenvalue weighted by Gasteiger charge is 2.33. The van der Waals surface area contributed by atoms with E-state index in [2.05, 4.69) is 10.6 Å². The van der Waals surface area contributed by atoms with E-state index in [-0.39, 0.29) is 24.3 Å². The van der Waals surface area contributed by atoms with Crippen LogP contribution < -0.4 is 15.5 Å². The summed E-state index contributed by atoms with van der Waals surface area (Å²) >= 11 is 0. The first kappa shape index (κ1) is 22.3. The molecule has 0 bridgehead atoms. The number of alkyl halides is 3. The zero-order valence-corrected chi connectivity index (χ0v) is 16.3. The molecule has 2 N–H and O–H groups in total. The number of para-hydroxylation sites is 1. The van der Waals surface area contributed by atoms with E-state index in [4.69, 9.17) is 0 Å². The molecule has 11 heteroatoms. The van der Waals surface area contributed by atoms with E-state index in [0.717, 1.165) is 38.1 Å². The van der Waals surface area contributed by atoms with Crippen molar-refractivity contribution in [2.24, 2.45) is 0 Å². The van der Waals surface area contributed by atoms with Crippen molar-refractivity contribution in [3.63, 3.8) is 0 Å². The summed E-state index contributed by atoms with van der Waals surface area (Å²) < 4.78 is 52.6. The van der Waals surface area contributed by atoms with Crippen LogP contribution in [-0.4, -0.2) is 30.5 Å². The van der Waals surface area contributed by atoms with Crippen molar-refractivity contribution in [1.82, 2.24) is 0 Å². The van der Waals surface area contributed by atoms with Crippen molar-refractivity contribution in [3.05, 3.63) is 57.9 Å². The number of benzene rings is 2. The number of nitrogens with zero attached hydrogens (tertiary/aromatic N) is 2. The molecule has 1 aliphatic heterocycles. The van der Waals surface area contributed by atoms with E-state index >= 15 is 0 Å². The number of nitrogens with one attached hydrogen (secondary N) is 2. The van der Waals surface area contributed by atoms with Crippen LogP contribution in [0.25, 0.3) is 0 Å². The van der Waals surface area contributed by atoms with Gasteiger partial charge in [0.25, 0.3) is 5.69 Å². The molecule has 31 heavy (non-hydrogen) atoms. The molecule has 0 atom stereocenters. The number of nitro benzene ring substituents is 1. The van der Waals surface area contributed by atoms with Gasteiger partial charge in [-0.15, -0.1) is 0 Å². The fourth-order valence-electron chi connectivity index (χ4n) is 3.38. The molecule has 0 spiro atoms. The van der Waals surface area contributed by atoms with Gasteiger partial charge in [0.15, 0.2) is 0 Å². The van der Waals surface area contributed by atoms with Crippen LogP contribution in [-0.2, 0) is 11.0 Å². The average Bonchev–Trinajstić information content (AvgIpc) is 3.23. The number of nitro groups is 1. The Morgan fingerprint density at radius 3 is 2.52 bits per heavy atom. The maximum atomic E-state index is 14.3. The summed E-state index contributed by atoms with van der Waals surface area (Å²) in [6, 6.07) is 6.61. The molecule has 2 aromatic rings. The Morgan fingerprint density at radius 2 is 1.87 bits per heavy atom. The van der Waals surface area contributed by atoms with E-state index in [9.17, 15) is 32.5 Å². The summed E-state index contributed by atoms with van der Waals surface area (Å²) in [5.74, 6) is -1.11. The van der Waals surface area contributed by atoms with E-state index in [1.807, 2.05) is 4.90 Å². The fourth-order valence-corrected chi connectivity index (χ4v) is 3.38. The van der Waals surface area contributed by atoms with Gasteiger partial charge in [0, 0.05) is 32.1 Å². The summed E-state index contributed by atoms with van der Waals surface area (Å²) in [7, 11) is 0. The predicted molar refractivity (Wildman–Crippen MR) is 108 cm³/mol. The monoisotopic (exact) mass is 440 g/mol. The van der Waals surface area contributed by atoms with Gasteiger partial charge in [0.05, 0.1) is 16.2 Å². The Kier molecular flexibility index (Phi) is 6.62. The maximum Gasteiger partial charge on any atom is 0.416 e. The van der Waals surface area contributed by atoms with Crippen molar-refractivity contribution < 1.29 is 27.3 Å². The normalized spacial score (nSPS) is 13.9. The van der Waals surface area contributed by atoms with Crippen LogP contribution in [0.2, 0.25) is 0 Å². The molecule has 2 aromatic carbocycles. The van der Waals surface area contributed by atoms with Crippen LogP contribution in [0.15, 0.2) is 36.4 Å². The van der Waals surface area contributed by atoms with Gasteiger partial charge in [0.1, 0.15) is 17.2 Å². The van der Waals surface area contributed by atoms with Crippen LogP contribution in [0, 0.1) is 15.9 Å². The number of anilines is 3. The lowest BCUT2D eigenvalue weighted by Crippen LogP contribution is -2.23. The second-order valence-electron chi connectivity index (χ2n) is 7.04. The topological polar surface area (TPSA) is 87.5 Å². The minimum atomic E-state index is -4.71. The van der Waals surface area contributed by atoms with Crippen LogP contribution in [0.5, 0.6) is 0 Å². The Balaban J connectivity index is 1.65. The lowest BCUT2D eigenvalue weighted by molar-refractivity contribution is -0.384. The van der Waals surface area contributed by atoms with Crippen molar-refractivity contribution >= 4 is 28.7 Å². The van der Waals surface area contributed by atoms with Crippen molar-refractivity contribution in [3.8, 4) is 0 Å². The molecule has 3 rings (SSSR count). The Labute approximate surface area is 175 Å². The highest BCUT2D eigenvalue weighted by atomic mass is 19.4. The van der Waals surface area contributed by atoms with Gasteiger partial charge in [0.2, 0.25) is 5.91 Å². The molecule has 0 radical (unpaired) electrons. The average molecular weight is 440 g/mol. The maximum absolute atomic E-state index is 14.3.